The van der Waals surface area contributed by atoms with E-state index in [2.05, 4.69) is 0 Å². The maximum atomic E-state index is 11.4. The van der Waals surface area contributed by atoms with Crippen molar-refractivity contribution in [3.8, 4) is 11.5 Å². The summed E-state index contributed by atoms with van der Waals surface area (Å²) in [6.07, 6.45) is 0. The van der Waals surface area contributed by atoms with Crippen molar-refractivity contribution in [2.45, 2.75) is 20.8 Å². The molecule has 0 saturated carbocycles. The second-order valence-electron chi connectivity index (χ2n) is 3.94. The first kappa shape index (κ1) is 25.1. The van der Waals surface area contributed by atoms with Gasteiger partial charge in [-0.2, -0.15) is 6.07 Å². The summed E-state index contributed by atoms with van der Waals surface area (Å²) in [6, 6.07) is 5.12. The van der Waals surface area contributed by atoms with Crippen LogP contribution in [0.5, 0.6) is 11.5 Å². The number of carbonyl (C=O) groups is 2. The molecule has 0 bridgehead atoms. The van der Waals surface area contributed by atoms with E-state index in [1.165, 1.54) is 64.6 Å². The second kappa shape index (κ2) is 14.2. The number of esters is 1. The average molecular weight is 334 g/mol. The number of hydrogen-bond acceptors (Lipinski definition) is 5. The molecule has 0 heterocycles. The number of ketones is 1. The van der Waals surface area contributed by atoms with Gasteiger partial charge in [0.1, 0.15) is 5.78 Å². The number of rotatable bonds is 6. The van der Waals surface area contributed by atoms with E-state index in [1.807, 2.05) is 0 Å². The van der Waals surface area contributed by atoms with Gasteiger partial charge in [-0.15, -0.1) is 11.5 Å². The van der Waals surface area contributed by atoms with Crippen LogP contribution in [-0.4, -0.2) is 69.3 Å². The van der Waals surface area contributed by atoms with Gasteiger partial charge in [0.15, 0.2) is 0 Å². The molecule has 0 saturated heterocycles. The number of benzene rings is 1. The summed E-state index contributed by atoms with van der Waals surface area (Å²) in [5.41, 5.74) is 0.653. The standard InChI is InChI=1S/C14H17O5.3Na/c1-9(10(2)15)13-6-5-12(17-4)7-14(13)19-8-18-11(3)16;;;/h5-7H,8H2,1-4H3;;;/q-1;;;+1. The van der Waals surface area contributed by atoms with Crippen molar-refractivity contribution < 1.29 is 53.4 Å². The Morgan fingerprint density at radius 2 is 1.82 bits per heavy atom. The average Bonchev–Trinajstić information content (AvgIpc) is 2.48. The zero-order valence-electron chi connectivity index (χ0n) is 14.5. The molecule has 0 atom stereocenters. The van der Waals surface area contributed by atoms with Gasteiger partial charge in [-0.25, -0.2) is 0 Å². The van der Waals surface area contributed by atoms with Gasteiger partial charge in [0, 0.05) is 12.7 Å². The maximum absolute atomic E-state index is 11.4. The van der Waals surface area contributed by atoms with Crippen LogP contribution < -0.4 is 39.0 Å². The predicted octanol–water partition coefficient (Wildman–Crippen LogP) is -1.63. The van der Waals surface area contributed by atoms with Crippen molar-refractivity contribution in [1.82, 2.24) is 0 Å². The molecule has 0 radical (unpaired) electrons. The summed E-state index contributed by atoms with van der Waals surface area (Å²) in [5.74, 6) is 1.12. The molecule has 0 amide bonds. The van der Waals surface area contributed by atoms with E-state index in [-0.39, 0.29) is 42.1 Å². The van der Waals surface area contributed by atoms with Crippen LogP contribution in [0, 0.1) is 5.92 Å². The summed E-state index contributed by atoms with van der Waals surface area (Å²) in [4.78, 5) is 22.1. The van der Waals surface area contributed by atoms with E-state index < -0.39 is 5.97 Å². The molecule has 0 N–H and O–H groups in total. The van der Waals surface area contributed by atoms with Crippen molar-refractivity contribution in [3.05, 3.63) is 29.7 Å². The van der Waals surface area contributed by atoms with Crippen LogP contribution in [0.2, 0.25) is 0 Å². The second-order valence-corrected chi connectivity index (χ2v) is 3.94. The fourth-order valence-electron chi connectivity index (χ4n) is 1.42. The third-order valence-corrected chi connectivity index (χ3v) is 2.60. The number of methoxy groups -OCH3 is 1. The number of Topliss-reactive ketones (excluding diaryl/α,β-unsaturated/α-hetero) is 1. The van der Waals surface area contributed by atoms with Gasteiger partial charge < -0.3 is 19.0 Å². The molecular weight excluding hydrogens is 317 g/mol. The molecule has 0 fully saturated rings. The molecule has 0 spiro atoms. The van der Waals surface area contributed by atoms with Gasteiger partial charge in [-0.1, -0.05) is 13.0 Å². The molecule has 0 unspecified atom stereocenters. The Morgan fingerprint density at radius 3 is 2.27 bits per heavy atom. The van der Waals surface area contributed by atoms with Crippen LogP contribution in [-0.2, 0) is 14.3 Å². The predicted molar refractivity (Wildman–Crippen MR) is 80.5 cm³/mol. The number of ether oxygens (including phenoxy) is 3. The Morgan fingerprint density at radius 1 is 1.23 bits per heavy atom. The molecule has 106 valence electrons. The van der Waals surface area contributed by atoms with E-state index in [0.29, 0.717) is 23.0 Å². The Hall–Kier alpha value is 0.830. The van der Waals surface area contributed by atoms with Crippen LogP contribution in [0.15, 0.2) is 18.2 Å². The molecule has 8 heteroatoms. The molecule has 0 aliphatic rings. The topological polar surface area (TPSA) is 61.8 Å². The fourth-order valence-corrected chi connectivity index (χ4v) is 1.42. The van der Waals surface area contributed by atoms with E-state index in [1.54, 1.807) is 25.1 Å². The van der Waals surface area contributed by atoms with E-state index >= 15 is 0 Å². The van der Waals surface area contributed by atoms with E-state index in [9.17, 15) is 9.59 Å². The Balaban J connectivity index is 0. The van der Waals surface area contributed by atoms with Crippen molar-refractivity contribution in [3.63, 3.8) is 0 Å². The third kappa shape index (κ3) is 9.21. The summed E-state index contributed by atoms with van der Waals surface area (Å²) in [6.45, 7) is 4.28. The monoisotopic (exact) mass is 334 g/mol. The Bertz CT molecular complexity index is 480. The zero-order valence-corrected chi connectivity index (χ0v) is 20.5. The van der Waals surface area contributed by atoms with Gasteiger partial charge in [0.05, 0.1) is 12.9 Å². The van der Waals surface area contributed by atoms with Crippen LogP contribution in [0.4, 0.5) is 0 Å². The van der Waals surface area contributed by atoms with Crippen molar-refractivity contribution >= 4 is 55.4 Å². The quantitative estimate of drug-likeness (QED) is 0.271. The van der Waals surface area contributed by atoms with E-state index in [4.69, 9.17) is 14.2 Å². The summed E-state index contributed by atoms with van der Waals surface area (Å²) in [7, 11) is 1.53. The molecular formula is C14H17Na3O5. The summed E-state index contributed by atoms with van der Waals surface area (Å²) >= 11 is 2.89. The molecule has 22 heavy (non-hydrogen) atoms. The van der Waals surface area contributed by atoms with Crippen molar-refractivity contribution in [2.24, 2.45) is 0 Å². The summed E-state index contributed by atoms with van der Waals surface area (Å²) in [5, 5.41) is 0. The van der Waals surface area contributed by atoms with Crippen molar-refractivity contribution in [1.29, 1.82) is 0 Å². The fraction of sp³-hybridized carbons (Fsp3) is 0.357. The molecule has 0 aliphatic carbocycles. The first-order chi connectivity index (χ1) is 9.95. The van der Waals surface area contributed by atoms with Crippen LogP contribution in [0.25, 0.3) is 0 Å². The first-order valence-electron chi connectivity index (χ1n) is 6.74. The molecule has 5 nitrogen and oxygen atoms in total. The van der Waals surface area contributed by atoms with Crippen LogP contribution in [0.3, 0.4) is 0 Å². The van der Waals surface area contributed by atoms with Gasteiger partial charge in [0.2, 0.25) is 6.79 Å². The number of hydrogen-bond donors (Lipinski definition) is 0. The number of carbonyl (C=O) groups excluding carboxylic acids is 2. The van der Waals surface area contributed by atoms with Gasteiger partial charge in [0.25, 0.3) is 0 Å². The Kier molecular flexibility index (Phi) is 16.2. The van der Waals surface area contributed by atoms with Gasteiger partial charge in [-0.05, 0) is 13.0 Å². The normalized spacial score (nSPS) is 8.73. The van der Waals surface area contributed by atoms with E-state index in [0.717, 1.165) is 0 Å². The Labute approximate surface area is 182 Å². The molecule has 0 aliphatic heterocycles. The molecule has 1 aromatic rings. The third-order valence-electron chi connectivity index (χ3n) is 2.60. The summed E-state index contributed by atoms with van der Waals surface area (Å²) < 4.78 is 15.2. The van der Waals surface area contributed by atoms with Crippen LogP contribution in [0.1, 0.15) is 26.3 Å². The SMILES string of the molecule is COc1ccc([C-](C)C(C)=O)c(OCOC(C)=O)c1.[Na+].[Na][Na]. The van der Waals surface area contributed by atoms with Crippen molar-refractivity contribution in [2.75, 3.05) is 13.9 Å². The van der Waals surface area contributed by atoms with Crippen LogP contribution >= 0.6 is 0 Å². The molecule has 1 aromatic carbocycles. The zero-order chi connectivity index (χ0) is 16.4. The van der Waals surface area contributed by atoms with Gasteiger partial charge in [-0.3, -0.25) is 4.79 Å². The van der Waals surface area contributed by atoms with Gasteiger partial charge >= 0.3 is 79.1 Å². The molecule has 1 rings (SSSR count). The minimum atomic E-state index is -0.434. The molecule has 0 aromatic heterocycles. The minimum absolute atomic E-state index is 0. The first-order valence-corrected chi connectivity index (χ1v) is 14.7.